The van der Waals surface area contributed by atoms with Gasteiger partial charge in [0, 0.05) is 31.9 Å². The number of rotatable bonds is 5. The van der Waals surface area contributed by atoms with Crippen molar-refractivity contribution >= 4 is 5.96 Å². The number of hydrogen-bond acceptors (Lipinski definition) is 2. The minimum absolute atomic E-state index is 0.0156. The molecule has 0 aliphatic carbocycles. The van der Waals surface area contributed by atoms with Gasteiger partial charge in [-0.05, 0) is 31.0 Å². The number of aliphatic imine (C=N–C) groups is 1. The molecule has 5 heteroatoms. The average Bonchev–Trinajstić information content (AvgIpc) is 2.54. The van der Waals surface area contributed by atoms with Crippen LogP contribution in [0, 0.1) is 0 Å². The maximum atomic E-state index is 11.7. The molecule has 0 saturated heterocycles. The topological polar surface area (TPSA) is 58.4 Å². The molecule has 0 fully saturated rings. The summed E-state index contributed by atoms with van der Waals surface area (Å²) in [5.41, 5.74) is 2.29. The van der Waals surface area contributed by atoms with Crippen molar-refractivity contribution in [2.24, 2.45) is 4.99 Å². The molecule has 2 rings (SSSR count). The van der Waals surface area contributed by atoms with Gasteiger partial charge in [-0.15, -0.1) is 0 Å². The molecule has 5 nitrogen and oxygen atoms in total. The molecular formula is C18H24N4O. The second-order valence-corrected chi connectivity index (χ2v) is 5.71. The van der Waals surface area contributed by atoms with Crippen molar-refractivity contribution in [3.05, 3.63) is 70.1 Å². The molecule has 0 amide bonds. The van der Waals surface area contributed by atoms with Crippen LogP contribution in [-0.4, -0.2) is 23.6 Å². The third-order valence-corrected chi connectivity index (χ3v) is 3.38. The molecule has 0 aliphatic heterocycles. The summed E-state index contributed by atoms with van der Waals surface area (Å²) in [5, 5.41) is 6.53. The SMILES string of the molecule is CN=C(NCc1ccc(Cn2ccccc2=O)cc1)NC(C)C. The summed E-state index contributed by atoms with van der Waals surface area (Å²) in [7, 11) is 1.76. The van der Waals surface area contributed by atoms with Gasteiger partial charge in [-0.3, -0.25) is 9.79 Å². The molecule has 0 spiro atoms. The van der Waals surface area contributed by atoms with E-state index in [0.29, 0.717) is 19.1 Å². The summed E-state index contributed by atoms with van der Waals surface area (Å²) in [6, 6.07) is 13.8. The highest BCUT2D eigenvalue weighted by atomic mass is 16.1. The maximum absolute atomic E-state index is 11.7. The maximum Gasteiger partial charge on any atom is 0.250 e. The van der Waals surface area contributed by atoms with E-state index in [1.165, 1.54) is 5.56 Å². The molecule has 1 heterocycles. The van der Waals surface area contributed by atoms with Crippen molar-refractivity contribution < 1.29 is 0 Å². The van der Waals surface area contributed by atoms with Crippen LogP contribution in [0.5, 0.6) is 0 Å². The zero-order valence-electron chi connectivity index (χ0n) is 13.9. The summed E-state index contributed by atoms with van der Waals surface area (Å²) < 4.78 is 1.70. The zero-order chi connectivity index (χ0) is 16.7. The molecule has 0 unspecified atom stereocenters. The van der Waals surface area contributed by atoms with Crippen molar-refractivity contribution in [1.29, 1.82) is 0 Å². The van der Waals surface area contributed by atoms with E-state index in [1.54, 1.807) is 29.9 Å². The van der Waals surface area contributed by atoms with Crippen molar-refractivity contribution in [3.8, 4) is 0 Å². The molecule has 1 aromatic heterocycles. The van der Waals surface area contributed by atoms with Gasteiger partial charge in [0.1, 0.15) is 0 Å². The van der Waals surface area contributed by atoms with E-state index in [2.05, 4.69) is 53.7 Å². The Morgan fingerprint density at radius 1 is 1.13 bits per heavy atom. The number of guanidine groups is 1. The Bertz CT molecular complexity index is 701. The number of pyridine rings is 1. The zero-order valence-corrected chi connectivity index (χ0v) is 13.9. The smallest absolute Gasteiger partial charge is 0.250 e. The van der Waals surface area contributed by atoms with Crippen LogP contribution >= 0.6 is 0 Å². The standard InChI is InChI=1S/C18H24N4O/c1-14(2)21-18(19-3)20-12-15-7-9-16(10-8-15)13-22-11-5-4-6-17(22)23/h4-11,14H,12-13H2,1-3H3,(H2,19,20,21). The van der Waals surface area contributed by atoms with Crippen molar-refractivity contribution in [1.82, 2.24) is 15.2 Å². The van der Waals surface area contributed by atoms with E-state index in [9.17, 15) is 4.79 Å². The highest BCUT2D eigenvalue weighted by molar-refractivity contribution is 5.79. The van der Waals surface area contributed by atoms with Crippen LogP contribution in [0.15, 0.2) is 58.4 Å². The second-order valence-electron chi connectivity index (χ2n) is 5.71. The van der Waals surface area contributed by atoms with Gasteiger partial charge in [-0.1, -0.05) is 30.3 Å². The first-order chi connectivity index (χ1) is 11.1. The van der Waals surface area contributed by atoms with Gasteiger partial charge < -0.3 is 15.2 Å². The number of nitrogens with zero attached hydrogens (tertiary/aromatic N) is 2. The second kappa shape index (κ2) is 8.17. The fourth-order valence-electron chi connectivity index (χ4n) is 2.20. The number of hydrogen-bond donors (Lipinski definition) is 2. The van der Waals surface area contributed by atoms with E-state index < -0.39 is 0 Å². The first kappa shape index (κ1) is 16.8. The molecular weight excluding hydrogens is 288 g/mol. The van der Waals surface area contributed by atoms with Crippen LogP contribution in [0.4, 0.5) is 0 Å². The third-order valence-electron chi connectivity index (χ3n) is 3.38. The first-order valence-corrected chi connectivity index (χ1v) is 7.79. The number of nitrogens with one attached hydrogen (secondary N) is 2. The lowest BCUT2D eigenvalue weighted by atomic mass is 10.1. The Morgan fingerprint density at radius 3 is 2.43 bits per heavy atom. The highest BCUT2D eigenvalue weighted by Crippen LogP contribution is 2.05. The number of aromatic nitrogens is 1. The summed E-state index contributed by atoms with van der Waals surface area (Å²) in [6.07, 6.45) is 1.80. The van der Waals surface area contributed by atoms with Crippen LogP contribution in [0.25, 0.3) is 0 Å². The van der Waals surface area contributed by atoms with Crippen LogP contribution in [0.1, 0.15) is 25.0 Å². The third kappa shape index (κ3) is 5.29. The van der Waals surface area contributed by atoms with Gasteiger partial charge in [0.25, 0.3) is 5.56 Å². The molecule has 2 aromatic rings. The van der Waals surface area contributed by atoms with Crippen molar-refractivity contribution in [2.75, 3.05) is 7.05 Å². The molecule has 0 aliphatic rings. The molecule has 0 bridgehead atoms. The number of benzene rings is 1. The Morgan fingerprint density at radius 2 is 1.83 bits per heavy atom. The Balaban J connectivity index is 1.95. The van der Waals surface area contributed by atoms with Gasteiger partial charge in [0.05, 0.1) is 6.54 Å². The van der Waals surface area contributed by atoms with Gasteiger partial charge >= 0.3 is 0 Å². The predicted octanol–water partition coefficient (Wildman–Crippen LogP) is 1.97. The molecule has 23 heavy (non-hydrogen) atoms. The normalized spacial score (nSPS) is 11.6. The van der Waals surface area contributed by atoms with E-state index in [-0.39, 0.29) is 5.56 Å². The Hall–Kier alpha value is -2.56. The van der Waals surface area contributed by atoms with Crippen LogP contribution < -0.4 is 16.2 Å². The van der Waals surface area contributed by atoms with E-state index >= 15 is 0 Å². The van der Waals surface area contributed by atoms with Crippen molar-refractivity contribution in [3.63, 3.8) is 0 Å². The molecule has 0 atom stereocenters. The summed E-state index contributed by atoms with van der Waals surface area (Å²) in [5.74, 6) is 0.792. The molecule has 1 aromatic carbocycles. The lowest BCUT2D eigenvalue weighted by molar-refractivity contribution is 0.699. The largest absolute Gasteiger partial charge is 0.354 e. The lowest BCUT2D eigenvalue weighted by Crippen LogP contribution is -2.40. The van der Waals surface area contributed by atoms with E-state index in [4.69, 9.17) is 0 Å². The Kier molecular flexibility index (Phi) is 5.97. The quantitative estimate of drug-likeness (QED) is 0.655. The van der Waals surface area contributed by atoms with E-state index in [1.807, 2.05) is 6.07 Å². The fraction of sp³-hybridized carbons (Fsp3) is 0.333. The van der Waals surface area contributed by atoms with Gasteiger partial charge in [0.15, 0.2) is 5.96 Å². The predicted molar refractivity (Wildman–Crippen MR) is 94.7 cm³/mol. The summed E-state index contributed by atoms with van der Waals surface area (Å²) in [4.78, 5) is 15.9. The lowest BCUT2D eigenvalue weighted by Gasteiger charge is -2.14. The molecule has 122 valence electrons. The monoisotopic (exact) mass is 312 g/mol. The van der Waals surface area contributed by atoms with Crippen molar-refractivity contribution in [2.45, 2.75) is 33.0 Å². The Labute approximate surface area is 137 Å². The van der Waals surface area contributed by atoms with Crippen LogP contribution in [0.2, 0.25) is 0 Å². The average molecular weight is 312 g/mol. The van der Waals surface area contributed by atoms with E-state index in [0.717, 1.165) is 11.5 Å². The summed E-state index contributed by atoms with van der Waals surface area (Å²) >= 11 is 0. The molecule has 0 saturated carbocycles. The minimum atomic E-state index is 0.0156. The van der Waals surface area contributed by atoms with Gasteiger partial charge in [-0.25, -0.2) is 0 Å². The minimum Gasteiger partial charge on any atom is -0.354 e. The highest BCUT2D eigenvalue weighted by Gasteiger charge is 2.01. The van der Waals surface area contributed by atoms with Crippen LogP contribution in [-0.2, 0) is 13.1 Å². The van der Waals surface area contributed by atoms with Gasteiger partial charge in [-0.2, -0.15) is 0 Å². The molecule has 2 N–H and O–H groups in total. The fourth-order valence-corrected chi connectivity index (χ4v) is 2.20. The summed E-state index contributed by atoms with van der Waals surface area (Å²) in [6.45, 7) is 5.45. The van der Waals surface area contributed by atoms with Gasteiger partial charge in [0.2, 0.25) is 0 Å². The molecule has 0 radical (unpaired) electrons. The van der Waals surface area contributed by atoms with Crippen LogP contribution in [0.3, 0.4) is 0 Å². The first-order valence-electron chi connectivity index (χ1n) is 7.79.